The highest BCUT2D eigenvalue weighted by Crippen LogP contribution is 2.25. The molecule has 0 unspecified atom stereocenters. The number of pyridine rings is 1. The van der Waals surface area contributed by atoms with Gasteiger partial charge in [-0.3, -0.25) is 14.9 Å². The van der Waals surface area contributed by atoms with Crippen LogP contribution in [-0.2, 0) is 0 Å². The van der Waals surface area contributed by atoms with Crippen LogP contribution in [0.2, 0.25) is 0 Å². The normalized spacial score (nSPS) is 10.5. The van der Waals surface area contributed by atoms with Crippen LogP contribution in [0.3, 0.4) is 0 Å². The molecule has 1 aromatic heterocycles. The van der Waals surface area contributed by atoms with Crippen LogP contribution in [-0.4, -0.2) is 15.8 Å². The first-order chi connectivity index (χ1) is 11.1. The van der Waals surface area contributed by atoms with Crippen LogP contribution in [0.4, 0.5) is 11.4 Å². The van der Waals surface area contributed by atoms with Crippen LogP contribution in [0.5, 0.6) is 0 Å². The Labute approximate surface area is 131 Å². The Morgan fingerprint density at radius 1 is 1.09 bits per heavy atom. The van der Waals surface area contributed by atoms with E-state index in [0.29, 0.717) is 11.3 Å². The summed E-state index contributed by atoms with van der Waals surface area (Å²) >= 11 is 0. The second kappa shape index (κ2) is 5.84. The number of nitrogens with one attached hydrogen (secondary N) is 1. The maximum Gasteiger partial charge on any atom is 0.274 e. The van der Waals surface area contributed by atoms with Gasteiger partial charge in [-0.05, 0) is 25.1 Å². The molecule has 6 nitrogen and oxygen atoms in total. The van der Waals surface area contributed by atoms with Crippen molar-refractivity contribution in [2.45, 2.75) is 6.92 Å². The predicted molar refractivity (Wildman–Crippen MR) is 87.5 cm³/mol. The van der Waals surface area contributed by atoms with Crippen molar-refractivity contribution in [3.05, 3.63) is 76.0 Å². The molecule has 3 aromatic rings. The molecule has 0 aliphatic heterocycles. The SMILES string of the molecule is Cc1c(NC(=O)c2ccc3ccccc3n2)cccc1[N+](=O)[O-]. The molecular weight excluding hydrogens is 294 g/mol. The fourth-order valence-corrected chi connectivity index (χ4v) is 2.34. The number of fused-ring (bicyclic) bond motifs is 1. The van der Waals surface area contributed by atoms with E-state index in [1.54, 1.807) is 19.1 Å². The minimum absolute atomic E-state index is 0.0331. The van der Waals surface area contributed by atoms with Gasteiger partial charge < -0.3 is 5.32 Å². The summed E-state index contributed by atoms with van der Waals surface area (Å²) in [5.74, 6) is -0.403. The van der Waals surface area contributed by atoms with Crippen LogP contribution in [0.25, 0.3) is 10.9 Å². The number of hydrogen-bond acceptors (Lipinski definition) is 4. The summed E-state index contributed by atoms with van der Waals surface area (Å²) in [6, 6.07) is 15.5. The van der Waals surface area contributed by atoms with Gasteiger partial charge in [-0.15, -0.1) is 0 Å². The number of nitro groups is 1. The smallest absolute Gasteiger partial charge is 0.274 e. The molecular formula is C17H13N3O3. The van der Waals surface area contributed by atoms with Crippen LogP contribution >= 0.6 is 0 Å². The third kappa shape index (κ3) is 2.87. The molecule has 0 saturated heterocycles. The number of anilines is 1. The van der Waals surface area contributed by atoms with Crippen LogP contribution in [0.15, 0.2) is 54.6 Å². The zero-order chi connectivity index (χ0) is 16.4. The Hall–Kier alpha value is -3.28. The van der Waals surface area contributed by atoms with Gasteiger partial charge in [0.15, 0.2) is 0 Å². The maximum atomic E-state index is 12.3. The molecule has 0 atom stereocenters. The second-order valence-electron chi connectivity index (χ2n) is 5.05. The van der Waals surface area contributed by atoms with Crippen LogP contribution in [0.1, 0.15) is 16.1 Å². The molecule has 1 amide bonds. The fraction of sp³-hybridized carbons (Fsp3) is 0.0588. The predicted octanol–water partition coefficient (Wildman–Crippen LogP) is 3.70. The highest BCUT2D eigenvalue weighted by Gasteiger charge is 2.16. The van der Waals surface area contributed by atoms with Crippen molar-refractivity contribution >= 4 is 28.2 Å². The zero-order valence-corrected chi connectivity index (χ0v) is 12.3. The number of benzene rings is 2. The number of carbonyl (C=O) groups excluding carboxylic acids is 1. The minimum Gasteiger partial charge on any atom is -0.320 e. The van der Waals surface area contributed by atoms with Gasteiger partial charge in [0.1, 0.15) is 5.69 Å². The van der Waals surface area contributed by atoms with Gasteiger partial charge in [0.25, 0.3) is 11.6 Å². The molecule has 1 N–H and O–H groups in total. The number of aromatic nitrogens is 1. The Morgan fingerprint density at radius 3 is 2.65 bits per heavy atom. The Kier molecular flexibility index (Phi) is 3.72. The lowest BCUT2D eigenvalue weighted by Gasteiger charge is -2.08. The molecule has 3 rings (SSSR count). The largest absolute Gasteiger partial charge is 0.320 e. The Morgan fingerprint density at radius 2 is 1.87 bits per heavy atom. The third-order valence-electron chi connectivity index (χ3n) is 3.58. The van der Waals surface area contributed by atoms with E-state index in [-0.39, 0.29) is 11.4 Å². The number of hydrogen-bond donors (Lipinski definition) is 1. The summed E-state index contributed by atoms with van der Waals surface area (Å²) in [6.45, 7) is 1.60. The first kappa shape index (κ1) is 14.6. The number of rotatable bonds is 3. The van der Waals surface area contributed by atoms with E-state index in [2.05, 4.69) is 10.3 Å². The topological polar surface area (TPSA) is 85.1 Å². The van der Waals surface area contributed by atoms with Crippen LogP contribution in [0, 0.1) is 17.0 Å². The average Bonchev–Trinajstić information content (AvgIpc) is 2.56. The minimum atomic E-state index is -0.473. The molecule has 23 heavy (non-hydrogen) atoms. The van der Waals surface area contributed by atoms with Gasteiger partial charge in [0.2, 0.25) is 0 Å². The molecule has 0 bridgehead atoms. The summed E-state index contributed by atoms with van der Waals surface area (Å²) in [5.41, 5.74) is 1.76. The van der Waals surface area contributed by atoms with Gasteiger partial charge in [0.05, 0.1) is 21.7 Å². The van der Waals surface area contributed by atoms with E-state index >= 15 is 0 Å². The van der Waals surface area contributed by atoms with Gasteiger partial charge in [-0.1, -0.05) is 30.3 Å². The standard InChI is InChI=1S/C17H13N3O3/c1-11-13(7-4-8-16(11)20(22)23)19-17(21)15-10-9-12-5-2-3-6-14(12)18-15/h2-10H,1H3,(H,19,21). The van der Waals surface area contributed by atoms with E-state index in [1.807, 2.05) is 30.3 Å². The van der Waals surface area contributed by atoms with Gasteiger partial charge in [0, 0.05) is 11.5 Å². The highest BCUT2D eigenvalue weighted by atomic mass is 16.6. The lowest BCUT2D eigenvalue weighted by atomic mass is 10.1. The van der Waals surface area contributed by atoms with Crippen LogP contribution < -0.4 is 5.32 Å². The molecule has 6 heteroatoms. The first-order valence-corrected chi connectivity index (χ1v) is 6.97. The van der Waals surface area contributed by atoms with Crippen molar-refractivity contribution < 1.29 is 9.72 Å². The summed E-state index contributed by atoms with van der Waals surface area (Å²) < 4.78 is 0. The fourth-order valence-electron chi connectivity index (χ4n) is 2.34. The third-order valence-corrected chi connectivity index (χ3v) is 3.58. The van der Waals surface area contributed by atoms with E-state index in [9.17, 15) is 14.9 Å². The number of amides is 1. The number of nitro benzene ring substituents is 1. The van der Waals surface area contributed by atoms with Crippen molar-refractivity contribution in [2.75, 3.05) is 5.32 Å². The summed E-state index contributed by atoms with van der Waals surface area (Å²) in [7, 11) is 0. The Bertz CT molecular complexity index is 922. The van der Waals surface area contributed by atoms with Crippen molar-refractivity contribution in [1.82, 2.24) is 4.98 Å². The van der Waals surface area contributed by atoms with Gasteiger partial charge >= 0.3 is 0 Å². The molecule has 0 aliphatic rings. The molecule has 2 aromatic carbocycles. The number of nitrogens with zero attached hydrogens (tertiary/aromatic N) is 2. The molecule has 0 fully saturated rings. The van der Waals surface area contributed by atoms with Crippen molar-refractivity contribution in [3.63, 3.8) is 0 Å². The molecule has 114 valence electrons. The molecule has 0 aliphatic carbocycles. The highest BCUT2D eigenvalue weighted by molar-refractivity contribution is 6.04. The van der Waals surface area contributed by atoms with E-state index in [1.165, 1.54) is 12.1 Å². The van der Waals surface area contributed by atoms with E-state index < -0.39 is 10.8 Å². The molecule has 0 spiro atoms. The Balaban J connectivity index is 1.92. The molecule has 0 saturated carbocycles. The quantitative estimate of drug-likeness (QED) is 0.590. The monoisotopic (exact) mass is 307 g/mol. The summed E-state index contributed by atoms with van der Waals surface area (Å²) in [6.07, 6.45) is 0. The van der Waals surface area contributed by atoms with Gasteiger partial charge in [-0.2, -0.15) is 0 Å². The summed E-state index contributed by atoms with van der Waals surface area (Å²) in [4.78, 5) is 27.1. The first-order valence-electron chi connectivity index (χ1n) is 6.97. The summed E-state index contributed by atoms with van der Waals surface area (Å²) in [5, 5.41) is 14.6. The van der Waals surface area contributed by atoms with Crippen molar-refractivity contribution in [1.29, 1.82) is 0 Å². The van der Waals surface area contributed by atoms with Crippen molar-refractivity contribution in [2.24, 2.45) is 0 Å². The zero-order valence-electron chi connectivity index (χ0n) is 12.3. The average molecular weight is 307 g/mol. The lowest BCUT2D eigenvalue weighted by molar-refractivity contribution is -0.385. The number of para-hydroxylation sites is 1. The molecule has 0 radical (unpaired) electrons. The van der Waals surface area contributed by atoms with E-state index in [0.717, 1.165) is 10.9 Å². The number of carbonyl (C=O) groups is 1. The second-order valence-corrected chi connectivity index (χ2v) is 5.05. The molecule has 1 heterocycles. The maximum absolute atomic E-state index is 12.3. The van der Waals surface area contributed by atoms with Gasteiger partial charge in [-0.25, -0.2) is 4.98 Å². The lowest BCUT2D eigenvalue weighted by Crippen LogP contribution is -2.14. The van der Waals surface area contributed by atoms with Crippen molar-refractivity contribution in [3.8, 4) is 0 Å². The van der Waals surface area contributed by atoms with E-state index in [4.69, 9.17) is 0 Å².